The lowest BCUT2D eigenvalue weighted by atomic mass is 10.3. The summed E-state index contributed by atoms with van der Waals surface area (Å²) in [6, 6.07) is 9.46. The third-order valence-corrected chi connectivity index (χ3v) is 3.97. The molecule has 0 bridgehead atoms. The standard InChI is InChI=1S/C13H7BrF2N2S/c14-7-1-4-12-11(5-7)18-13(19-12)17-8-2-3-9(15)10(16)6-8/h1-6H,(H,17,18). The first-order valence-electron chi connectivity index (χ1n) is 5.40. The molecule has 0 radical (unpaired) electrons. The number of fused-ring (bicyclic) bond motifs is 1. The largest absolute Gasteiger partial charge is 0.331 e. The number of nitrogens with one attached hydrogen (secondary N) is 1. The van der Waals surface area contributed by atoms with E-state index < -0.39 is 11.6 Å². The van der Waals surface area contributed by atoms with Gasteiger partial charge in [-0.15, -0.1) is 0 Å². The molecule has 2 aromatic carbocycles. The van der Waals surface area contributed by atoms with Crippen molar-refractivity contribution in [3.63, 3.8) is 0 Å². The Hall–Kier alpha value is -1.53. The van der Waals surface area contributed by atoms with Gasteiger partial charge in [-0.05, 0) is 30.3 Å². The molecule has 1 aromatic heterocycles. The van der Waals surface area contributed by atoms with Gasteiger partial charge < -0.3 is 5.32 Å². The summed E-state index contributed by atoms with van der Waals surface area (Å²) in [6.45, 7) is 0. The zero-order valence-electron chi connectivity index (χ0n) is 9.45. The number of hydrogen-bond donors (Lipinski definition) is 1. The fourth-order valence-electron chi connectivity index (χ4n) is 1.65. The van der Waals surface area contributed by atoms with Crippen LogP contribution in [-0.4, -0.2) is 4.98 Å². The monoisotopic (exact) mass is 340 g/mol. The number of nitrogens with zero attached hydrogens (tertiary/aromatic N) is 1. The van der Waals surface area contributed by atoms with E-state index in [9.17, 15) is 8.78 Å². The molecule has 19 heavy (non-hydrogen) atoms. The molecule has 0 amide bonds. The molecule has 0 aliphatic rings. The molecule has 3 aromatic rings. The highest BCUT2D eigenvalue weighted by Crippen LogP contribution is 2.30. The van der Waals surface area contributed by atoms with Crippen molar-refractivity contribution < 1.29 is 8.78 Å². The van der Waals surface area contributed by atoms with E-state index in [2.05, 4.69) is 26.2 Å². The van der Waals surface area contributed by atoms with Crippen LogP contribution in [0.15, 0.2) is 40.9 Å². The van der Waals surface area contributed by atoms with Crippen LogP contribution >= 0.6 is 27.3 Å². The fourth-order valence-corrected chi connectivity index (χ4v) is 2.87. The van der Waals surface area contributed by atoms with Gasteiger partial charge in [-0.1, -0.05) is 27.3 Å². The Morgan fingerprint density at radius 1 is 1.05 bits per heavy atom. The lowest BCUT2D eigenvalue weighted by Gasteiger charge is -2.02. The molecule has 0 saturated carbocycles. The molecule has 3 rings (SSSR count). The third kappa shape index (κ3) is 2.59. The van der Waals surface area contributed by atoms with Crippen LogP contribution in [0.2, 0.25) is 0 Å². The molecule has 0 saturated heterocycles. The number of benzene rings is 2. The number of thiazole rings is 1. The smallest absolute Gasteiger partial charge is 0.188 e. The zero-order chi connectivity index (χ0) is 13.4. The van der Waals surface area contributed by atoms with E-state index in [1.807, 2.05) is 18.2 Å². The number of aromatic nitrogens is 1. The van der Waals surface area contributed by atoms with Gasteiger partial charge in [0, 0.05) is 16.2 Å². The van der Waals surface area contributed by atoms with Crippen LogP contribution in [0.5, 0.6) is 0 Å². The van der Waals surface area contributed by atoms with Crippen molar-refractivity contribution in [2.75, 3.05) is 5.32 Å². The van der Waals surface area contributed by atoms with E-state index >= 15 is 0 Å². The van der Waals surface area contributed by atoms with Crippen molar-refractivity contribution >= 4 is 48.3 Å². The van der Waals surface area contributed by atoms with Crippen LogP contribution in [0.3, 0.4) is 0 Å². The molecular formula is C13H7BrF2N2S. The maximum Gasteiger partial charge on any atom is 0.188 e. The highest BCUT2D eigenvalue weighted by atomic mass is 79.9. The third-order valence-electron chi connectivity index (χ3n) is 2.52. The van der Waals surface area contributed by atoms with E-state index in [0.29, 0.717) is 10.8 Å². The van der Waals surface area contributed by atoms with Gasteiger partial charge >= 0.3 is 0 Å². The Morgan fingerprint density at radius 3 is 2.68 bits per heavy atom. The van der Waals surface area contributed by atoms with Crippen molar-refractivity contribution in [1.29, 1.82) is 0 Å². The van der Waals surface area contributed by atoms with E-state index in [0.717, 1.165) is 26.8 Å². The molecule has 2 nitrogen and oxygen atoms in total. The van der Waals surface area contributed by atoms with Crippen LogP contribution in [0.25, 0.3) is 10.2 Å². The molecule has 1 N–H and O–H groups in total. The second kappa shape index (κ2) is 4.86. The summed E-state index contributed by atoms with van der Waals surface area (Å²) in [5.41, 5.74) is 1.32. The Balaban J connectivity index is 1.94. The van der Waals surface area contributed by atoms with E-state index in [1.54, 1.807) is 0 Å². The summed E-state index contributed by atoms with van der Waals surface area (Å²) in [4.78, 5) is 4.38. The predicted molar refractivity (Wildman–Crippen MR) is 77.0 cm³/mol. The Bertz CT molecular complexity index is 757. The summed E-state index contributed by atoms with van der Waals surface area (Å²) >= 11 is 4.83. The van der Waals surface area contributed by atoms with Gasteiger partial charge in [0.1, 0.15) is 0 Å². The number of hydrogen-bond acceptors (Lipinski definition) is 3. The van der Waals surface area contributed by atoms with Crippen LogP contribution in [0.4, 0.5) is 19.6 Å². The van der Waals surface area contributed by atoms with Gasteiger partial charge in [0.2, 0.25) is 0 Å². The Morgan fingerprint density at radius 2 is 1.89 bits per heavy atom. The molecule has 1 heterocycles. The first-order valence-corrected chi connectivity index (χ1v) is 7.01. The van der Waals surface area contributed by atoms with Gasteiger partial charge in [-0.25, -0.2) is 13.8 Å². The summed E-state index contributed by atoms with van der Waals surface area (Å²) in [5.74, 6) is -1.74. The van der Waals surface area contributed by atoms with Crippen molar-refractivity contribution in [3.05, 3.63) is 52.5 Å². The number of anilines is 2. The molecule has 96 valence electrons. The van der Waals surface area contributed by atoms with Gasteiger partial charge in [0.15, 0.2) is 16.8 Å². The molecule has 0 aliphatic carbocycles. The first-order chi connectivity index (χ1) is 9.11. The van der Waals surface area contributed by atoms with Crippen molar-refractivity contribution in [1.82, 2.24) is 4.98 Å². The molecule has 6 heteroatoms. The van der Waals surface area contributed by atoms with Crippen LogP contribution in [0, 0.1) is 11.6 Å². The number of halogens is 3. The highest BCUT2D eigenvalue weighted by molar-refractivity contribution is 9.10. The Labute approximate surface area is 120 Å². The number of rotatable bonds is 2. The topological polar surface area (TPSA) is 24.9 Å². The predicted octanol–water partition coefficient (Wildman–Crippen LogP) is 5.08. The second-order valence-corrected chi connectivity index (χ2v) is 5.83. The minimum absolute atomic E-state index is 0.469. The van der Waals surface area contributed by atoms with E-state index in [4.69, 9.17) is 0 Å². The van der Waals surface area contributed by atoms with Crippen molar-refractivity contribution in [2.45, 2.75) is 0 Å². The van der Waals surface area contributed by atoms with Crippen LogP contribution < -0.4 is 5.32 Å². The summed E-state index contributed by atoms with van der Waals surface area (Å²) < 4.78 is 27.9. The summed E-state index contributed by atoms with van der Waals surface area (Å²) in [5, 5.41) is 3.60. The molecule has 0 atom stereocenters. The molecule has 0 fully saturated rings. The molecule has 0 spiro atoms. The van der Waals surface area contributed by atoms with Crippen LogP contribution in [-0.2, 0) is 0 Å². The maximum atomic E-state index is 13.1. The molecule has 0 unspecified atom stereocenters. The molecular weight excluding hydrogens is 334 g/mol. The second-order valence-electron chi connectivity index (χ2n) is 3.88. The van der Waals surface area contributed by atoms with E-state index in [1.165, 1.54) is 17.4 Å². The quantitative estimate of drug-likeness (QED) is 0.703. The normalized spacial score (nSPS) is 10.9. The SMILES string of the molecule is Fc1ccc(Nc2nc3cc(Br)ccc3s2)cc1F. The van der Waals surface area contributed by atoms with Crippen molar-refractivity contribution in [3.8, 4) is 0 Å². The lowest BCUT2D eigenvalue weighted by molar-refractivity contribution is 0.509. The lowest BCUT2D eigenvalue weighted by Crippen LogP contribution is -1.91. The highest BCUT2D eigenvalue weighted by Gasteiger charge is 2.06. The minimum Gasteiger partial charge on any atom is -0.331 e. The summed E-state index contributed by atoms with van der Waals surface area (Å²) in [6.07, 6.45) is 0. The molecule has 0 aliphatic heterocycles. The van der Waals surface area contributed by atoms with Gasteiger partial charge in [0.25, 0.3) is 0 Å². The summed E-state index contributed by atoms with van der Waals surface area (Å²) in [7, 11) is 0. The average Bonchev–Trinajstić information content (AvgIpc) is 2.75. The van der Waals surface area contributed by atoms with Crippen molar-refractivity contribution in [2.24, 2.45) is 0 Å². The maximum absolute atomic E-state index is 13.1. The minimum atomic E-state index is -0.881. The first kappa shape index (κ1) is 12.5. The van der Waals surface area contributed by atoms with Gasteiger partial charge in [0.05, 0.1) is 10.2 Å². The Kier molecular flexibility index (Phi) is 3.20. The van der Waals surface area contributed by atoms with Crippen LogP contribution in [0.1, 0.15) is 0 Å². The van der Waals surface area contributed by atoms with E-state index in [-0.39, 0.29) is 0 Å². The fraction of sp³-hybridized carbons (Fsp3) is 0. The van der Waals surface area contributed by atoms with Gasteiger partial charge in [-0.2, -0.15) is 0 Å². The average molecular weight is 341 g/mol. The zero-order valence-corrected chi connectivity index (χ0v) is 11.9. The van der Waals surface area contributed by atoms with Gasteiger partial charge in [-0.3, -0.25) is 0 Å².